The molecule has 0 spiro atoms. The van der Waals surface area contributed by atoms with E-state index in [-0.39, 0.29) is 0 Å². The molecule has 0 aliphatic carbocycles. The van der Waals surface area contributed by atoms with Crippen molar-refractivity contribution in [2.24, 2.45) is 0 Å². The molecule has 0 saturated carbocycles. The first kappa shape index (κ1) is 30.3. The molecular weight excluding hydrogens is 436 g/mol. The Morgan fingerprint density at radius 2 is 0.722 bits per heavy atom. The molecule has 0 radical (unpaired) electrons. The summed E-state index contributed by atoms with van der Waals surface area (Å²) in [6.45, 7) is 27.4. The zero-order chi connectivity index (χ0) is 27.3. The van der Waals surface area contributed by atoms with E-state index in [9.17, 15) is 4.79 Å². The average molecular weight is 491 g/mol. The summed E-state index contributed by atoms with van der Waals surface area (Å²) in [5.74, 6) is 3.29. The lowest BCUT2D eigenvalue weighted by Crippen LogP contribution is -2.11. The fourth-order valence-electron chi connectivity index (χ4n) is 5.44. The highest BCUT2D eigenvalue weighted by atomic mass is 16.1. The van der Waals surface area contributed by atoms with Crippen molar-refractivity contribution in [1.82, 2.24) is 0 Å². The normalized spacial score (nSPS) is 12.3. The molecule has 0 saturated heterocycles. The molecule has 0 atom stereocenters. The highest BCUT2D eigenvalue weighted by Crippen LogP contribution is 2.35. The summed E-state index contributed by atoms with van der Waals surface area (Å²) in [4.78, 5) is 13.3. The largest absolute Gasteiger partial charge is 0.300 e. The van der Waals surface area contributed by atoms with Crippen molar-refractivity contribution in [2.45, 2.75) is 144 Å². The quantitative estimate of drug-likeness (QED) is 0.289. The van der Waals surface area contributed by atoms with Crippen molar-refractivity contribution >= 4 is 5.78 Å². The van der Waals surface area contributed by atoms with Gasteiger partial charge in [0.2, 0.25) is 0 Å². The summed E-state index contributed by atoms with van der Waals surface area (Å²) in [6, 6.07) is 9.62. The molecule has 0 heterocycles. The number of ketones is 1. The summed E-state index contributed by atoms with van der Waals surface area (Å²) < 4.78 is 0. The molecule has 0 N–H and O–H groups in total. The minimum atomic E-state index is 0.393. The van der Waals surface area contributed by atoms with Gasteiger partial charge in [-0.2, -0.15) is 0 Å². The second-order valence-electron chi connectivity index (χ2n) is 12.8. The van der Waals surface area contributed by atoms with Crippen molar-refractivity contribution in [1.29, 1.82) is 0 Å². The van der Waals surface area contributed by atoms with Gasteiger partial charge in [0, 0.05) is 12.8 Å². The van der Waals surface area contributed by atoms with Crippen LogP contribution in [0.1, 0.15) is 176 Å². The Morgan fingerprint density at radius 1 is 0.472 bits per heavy atom. The zero-order valence-electron chi connectivity index (χ0n) is 25.5. The molecule has 2 aromatic rings. The molecule has 0 bridgehead atoms. The number of hydrogen-bond acceptors (Lipinski definition) is 1. The van der Waals surface area contributed by atoms with Gasteiger partial charge >= 0.3 is 0 Å². The molecule has 1 nitrogen and oxygen atoms in total. The van der Waals surface area contributed by atoms with E-state index in [2.05, 4.69) is 107 Å². The lowest BCUT2D eigenvalue weighted by molar-refractivity contribution is -0.119. The molecular formula is C35H54O. The lowest BCUT2D eigenvalue weighted by atomic mass is 9.81. The second-order valence-corrected chi connectivity index (χ2v) is 12.8. The maximum atomic E-state index is 13.3. The molecule has 200 valence electrons. The molecule has 2 aromatic carbocycles. The summed E-state index contributed by atoms with van der Waals surface area (Å²) in [5, 5.41) is 0. The van der Waals surface area contributed by atoms with Crippen LogP contribution in [-0.4, -0.2) is 5.78 Å². The highest BCUT2D eigenvalue weighted by molar-refractivity contribution is 5.79. The van der Waals surface area contributed by atoms with Crippen LogP contribution in [0.2, 0.25) is 0 Å². The number of rotatable bonds is 12. The molecule has 1 heteroatoms. The lowest BCUT2D eigenvalue weighted by Gasteiger charge is -2.23. The van der Waals surface area contributed by atoms with E-state index in [1.54, 1.807) is 0 Å². The molecule has 0 aliphatic rings. The molecule has 36 heavy (non-hydrogen) atoms. The highest BCUT2D eigenvalue weighted by Gasteiger charge is 2.20. The van der Waals surface area contributed by atoms with Gasteiger partial charge in [0.1, 0.15) is 5.78 Å². The van der Waals surface area contributed by atoms with E-state index < -0.39 is 0 Å². The SMILES string of the molecule is CC(C)c1cc(C(C)C)c(CCC(=O)CCc2c(C(C)C)cc(C(C)C)cc2C(C)C)c(C(C)C)c1. The molecule has 0 fully saturated rings. The van der Waals surface area contributed by atoms with Crippen LogP contribution in [0.3, 0.4) is 0 Å². The maximum Gasteiger partial charge on any atom is 0.133 e. The topological polar surface area (TPSA) is 17.1 Å². The Hall–Kier alpha value is -1.89. The van der Waals surface area contributed by atoms with E-state index in [1.165, 1.54) is 44.5 Å². The molecule has 0 unspecified atom stereocenters. The fourth-order valence-corrected chi connectivity index (χ4v) is 5.44. The Bertz CT molecular complexity index is 877. The average Bonchev–Trinajstić information content (AvgIpc) is 2.79. The number of carbonyl (C=O) groups is 1. The summed E-state index contributed by atoms with van der Waals surface area (Å²) in [7, 11) is 0. The standard InChI is InChI=1S/C35H54O/c1-21(2)27-17-32(23(5)6)30(33(18-27)24(7)8)15-13-29(36)14-16-31-34(25(9)10)19-28(22(3)4)20-35(31)26(11)12/h17-26H,13-16H2,1-12H3. The van der Waals surface area contributed by atoms with Crippen LogP contribution in [0.4, 0.5) is 0 Å². The summed E-state index contributed by atoms with van der Waals surface area (Å²) in [6.07, 6.45) is 2.99. The Labute approximate surface area is 223 Å². The zero-order valence-corrected chi connectivity index (χ0v) is 25.5. The molecule has 0 aromatic heterocycles. The smallest absolute Gasteiger partial charge is 0.133 e. The second kappa shape index (κ2) is 13.1. The van der Waals surface area contributed by atoms with Gasteiger partial charge in [-0.15, -0.1) is 0 Å². The van der Waals surface area contributed by atoms with Gasteiger partial charge < -0.3 is 0 Å². The van der Waals surface area contributed by atoms with Crippen LogP contribution in [-0.2, 0) is 17.6 Å². The predicted molar refractivity (Wildman–Crippen MR) is 159 cm³/mol. The van der Waals surface area contributed by atoms with Crippen LogP contribution in [0.25, 0.3) is 0 Å². The number of hydrogen-bond donors (Lipinski definition) is 0. The van der Waals surface area contributed by atoms with Crippen LogP contribution in [0, 0.1) is 0 Å². The third kappa shape index (κ3) is 7.56. The maximum absolute atomic E-state index is 13.3. The first-order chi connectivity index (χ1) is 16.7. The monoisotopic (exact) mass is 490 g/mol. The number of benzene rings is 2. The Kier molecular flexibility index (Phi) is 11.0. The van der Waals surface area contributed by atoms with Crippen molar-refractivity contribution in [2.75, 3.05) is 0 Å². The van der Waals surface area contributed by atoms with E-state index in [4.69, 9.17) is 0 Å². The van der Waals surface area contributed by atoms with Gasteiger partial charge in [-0.25, -0.2) is 0 Å². The first-order valence-corrected chi connectivity index (χ1v) is 14.6. The van der Waals surface area contributed by atoms with E-state index in [0.717, 1.165) is 12.8 Å². The van der Waals surface area contributed by atoms with Crippen LogP contribution in [0.15, 0.2) is 24.3 Å². The molecule has 0 aliphatic heterocycles. The number of carbonyl (C=O) groups excluding carboxylic acids is 1. The van der Waals surface area contributed by atoms with E-state index in [1.807, 2.05) is 0 Å². The van der Waals surface area contributed by atoms with Crippen molar-refractivity contribution in [3.05, 3.63) is 68.8 Å². The van der Waals surface area contributed by atoms with Crippen LogP contribution < -0.4 is 0 Å². The van der Waals surface area contributed by atoms with Gasteiger partial charge in [0.15, 0.2) is 0 Å². The van der Waals surface area contributed by atoms with Crippen molar-refractivity contribution < 1.29 is 4.79 Å². The van der Waals surface area contributed by atoms with Crippen LogP contribution >= 0.6 is 0 Å². The predicted octanol–water partition coefficient (Wildman–Crippen LogP) is 10.6. The first-order valence-electron chi connectivity index (χ1n) is 14.6. The van der Waals surface area contributed by atoms with Crippen LogP contribution in [0.5, 0.6) is 0 Å². The minimum Gasteiger partial charge on any atom is -0.300 e. The Morgan fingerprint density at radius 3 is 0.917 bits per heavy atom. The number of Topliss-reactive ketones (excluding diaryl/α,β-unsaturated/α-hetero) is 1. The summed E-state index contributed by atoms with van der Waals surface area (Å²) >= 11 is 0. The third-order valence-electron chi connectivity index (χ3n) is 7.81. The molecule has 0 amide bonds. The minimum absolute atomic E-state index is 0.393. The van der Waals surface area contributed by atoms with Gasteiger partial charge in [0.25, 0.3) is 0 Å². The van der Waals surface area contributed by atoms with Gasteiger partial charge in [-0.3, -0.25) is 4.79 Å². The van der Waals surface area contributed by atoms with Gasteiger partial charge in [-0.05, 0) is 92.9 Å². The summed E-state index contributed by atoms with van der Waals surface area (Å²) in [5.41, 5.74) is 11.4. The molecule has 2 rings (SSSR count). The third-order valence-corrected chi connectivity index (χ3v) is 7.81. The van der Waals surface area contributed by atoms with Gasteiger partial charge in [-0.1, -0.05) is 107 Å². The van der Waals surface area contributed by atoms with E-state index in [0.29, 0.717) is 54.1 Å². The van der Waals surface area contributed by atoms with E-state index >= 15 is 0 Å². The van der Waals surface area contributed by atoms with Crippen molar-refractivity contribution in [3.63, 3.8) is 0 Å². The Balaban J connectivity index is 2.29. The fraction of sp³-hybridized carbons (Fsp3) is 0.629. The van der Waals surface area contributed by atoms with Crippen molar-refractivity contribution in [3.8, 4) is 0 Å². The van der Waals surface area contributed by atoms with Gasteiger partial charge in [0.05, 0.1) is 0 Å².